The van der Waals surface area contributed by atoms with Gasteiger partial charge in [0.05, 0.1) is 34.3 Å². The van der Waals surface area contributed by atoms with Gasteiger partial charge in [0.2, 0.25) is 15.9 Å². The highest BCUT2D eigenvalue weighted by atomic mass is 32.2. The van der Waals surface area contributed by atoms with E-state index in [2.05, 4.69) is 15.6 Å². The van der Waals surface area contributed by atoms with E-state index in [1.807, 2.05) is 86.6 Å². The van der Waals surface area contributed by atoms with Crippen LogP contribution in [0.1, 0.15) is 42.9 Å². The Morgan fingerprint density at radius 2 is 1.56 bits per heavy atom. The van der Waals surface area contributed by atoms with Crippen molar-refractivity contribution in [3.63, 3.8) is 0 Å². The van der Waals surface area contributed by atoms with Crippen LogP contribution in [-0.4, -0.2) is 67.2 Å². The molecular weight excluding hydrogens is 673 g/mol. The molecule has 0 fully saturated rings. The Kier molecular flexibility index (Phi) is 12.4. The van der Waals surface area contributed by atoms with Crippen LogP contribution in [-0.2, 0) is 26.0 Å². The summed E-state index contributed by atoms with van der Waals surface area (Å²) in [6, 6.07) is 29.3. The maximum atomic E-state index is 14.2. The van der Waals surface area contributed by atoms with Gasteiger partial charge in [-0.15, -0.1) is 11.3 Å². The summed E-state index contributed by atoms with van der Waals surface area (Å²) in [4.78, 5) is 31.2. The molecule has 0 aliphatic heterocycles. The number of nitrogens with one attached hydrogen (secondary N) is 2. The van der Waals surface area contributed by atoms with Crippen molar-refractivity contribution in [2.75, 3.05) is 25.6 Å². The number of alkyl carbamates (subject to hydrolysis) is 1. The minimum atomic E-state index is -3.97. The lowest BCUT2D eigenvalue weighted by Crippen LogP contribution is -2.48. The summed E-state index contributed by atoms with van der Waals surface area (Å²) in [6.07, 6.45) is -0.101. The van der Waals surface area contributed by atoms with Gasteiger partial charge in [0.25, 0.3) is 0 Å². The summed E-state index contributed by atoms with van der Waals surface area (Å²) in [5.74, 6) is -0.998. The fourth-order valence-corrected chi connectivity index (χ4v) is 8.67. The molecule has 5 rings (SSSR count). The standard InChI is InChI=1S/C38H42N4O6S2/c1-26(2)23-42(50(46,47)31-20-21-33-34(22-31)49-25-39-33)30(24-43)19-18-27-12-10-11-17-32(27)40-37(44)36(41-38(45)48-3)35(28-13-6-4-7-14-28)29-15-8-5-9-16-29/h4-17,20-22,25-26,30,35-36,43H,18-19,23-24H2,1-3H3,(H,40,44)(H,41,45)/t30-,36-/m0/s1. The zero-order valence-corrected chi connectivity index (χ0v) is 29.9. The third-order valence-corrected chi connectivity index (χ3v) is 11.2. The summed E-state index contributed by atoms with van der Waals surface area (Å²) in [6.45, 7) is 3.70. The minimum Gasteiger partial charge on any atom is -0.453 e. The highest BCUT2D eigenvalue weighted by Gasteiger charge is 2.34. The third-order valence-electron chi connectivity index (χ3n) is 8.49. The fraction of sp³-hybridized carbons (Fsp3) is 0.289. The lowest BCUT2D eigenvalue weighted by atomic mass is 9.84. The Bertz CT molecular complexity index is 1950. The van der Waals surface area contributed by atoms with Crippen molar-refractivity contribution in [2.24, 2.45) is 5.92 Å². The number of rotatable bonds is 15. The topological polar surface area (TPSA) is 138 Å². The van der Waals surface area contributed by atoms with E-state index in [-0.39, 0.29) is 24.0 Å². The number of ether oxygens (including phenoxy) is 1. The predicted molar refractivity (Wildman–Crippen MR) is 197 cm³/mol. The number of methoxy groups -OCH3 is 1. The molecule has 2 atom stereocenters. The number of benzene rings is 4. The highest BCUT2D eigenvalue weighted by molar-refractivity contribution is 7.89. The summed E-state index contributed by atoms with van der Waals surface area (Å²) in [5.41, 5.74) is 5.33. The number of para-hydroxylation sites is 1. The van der Waals surface area contributed by atoms with Crippen LogP contribution < -0.4 is 10.6 Å². The van der Waals surface area contributed by atoms with E-state index in [1.54, 1.807) is 35.8 Å². The molecule has 0 radical (unpaired) electrons. The SMILES string of the molecule is COC(=O)N[C@H](C(=O)Nc1ccccc1CC[C@@H](CO)N(CC(C)C)S(=O)(=O)c1ccc2ncsc2c1)C(c1ccccc1)c1ccccc1. The number of aromatic nitrogens is 1. The minimum absolute atomic E-state index is 0.000968. The van der Waals surface area contributed by atoms with Gasteiger partial charge in [0.1, 0.15) is 6.04 Å². The predicted octanol–water partition coefficient (Wildman–Crippen LogP) is 6.43. The van der Waals surface area contributed by atoms with Crippen LogP contribution in [0.4, 0.5) is 10.5 Å². The average Bonchev–Trinajstić information content (AvgIpc) is 3.61. The van der Waals surface area contributed by atoms with Crippen LogP contribution >= 0.6 is 11.3 Å². The largest absolute Gasteiger partial charge is 0.453 e. The summed E-state index contributed by atoms with van der Waals surface area (Å²) >= 11 is 1.37. The number of anilines is 1. The Morgan fingerprint density at radius 1 is 0.920 bits per heavy atom. The van der Waals surface area contributed by atoms with E-state index >= 15 is 0 Å². The van der Waals surface area contributed by atoms with Crippen LogP contribution in [0.15, 0.2) is 114 Å². The molecule has 0 bridgehead atoms. The number of amides is 2. The molecule has 0 saturated carbocycles. The zero-order valence-electron chi connectivity index (χ0n) is 28.2. The summed E-state index contributed by atoms with van der Waals surface area (Å²) < 4.78 is 35.2. The van der Waals surface area contributed by atoms with Crippen molar-refractivity contribution in [1.29, 1.82) is 0 Å². The maximum absolute atomic E-state index is 14.2. The van der Waals surface area contributed by atoms with E-state index in [0.29, 0.717) is 18.5 Å². The Hall–Kier alpha value is -4.62. The number of carbonyl (C=O) groups is 2. The Labute approximate surface area is 297 Å². The molecular formula is C38H42N4O6S2. The molecule has 5 aromatic rings. The van der Waals surface area contributed by atoms with Crippen LogP contribution in [0, 0.1) is 5.92 Å². The van der Waals surface area contributed by atoms with Crippen molar-refractivity contribution in [3.05, 3.63) is 125 Å². The molecule has 0 aliphatic carbocycles. The number of hydrogen-bond donors (Lipinski definition) is 3. The van der Waals surface area contributed by atoms with Gasteiger partial charge >= 0.3 is 6.09 Å². The lowest BCUT2D eigenvalue weighted by molar-refractivity contribution is -0.118. The van der Waals surface area contributed by atoms with Gasteiger partial charge < -0.3 is 20.5 Å². The van der Waals surface area contributed by atoms with Gasteiger partial charge in [-0.25, -0.2) is 18.2 Å². The first-order valence-electron chi connectivity index (χ1n) is 16.4. The number of aliphatic hydroxyl groups excluding tert-OH is 1. The smallest absolute Gasteiger partial charge is 0.407 e. The van der Waals surface area contributed by atoms with Crippen molar-refractivity contribution in [1.82, 2.24) is 14.6 Å². The molecule has 0 unspecified atom stereocenters. The normalized spacial score (nSPS) is 13.0. The first kappa shape index (κ1) is 36.7. The van der Waals surface area contributed by atoms with Crippen LogP contribution in [0.2, 0.25) is 0 Å². The molecule has 0 aliphatic rings. The highest BCUT2D eigenvalue weighted by Crippen LogP contribution is 2.31. The number of thiazole rings is 1. The lowest BCUT2D eigenvalue weighted by Gasteiger charge is -2.31. The van der Waals surface area contributed by atoms with E-state index in [9.17, 15) is 23.1 Å². The average molecular weight is 715 g/mol. The first-order chi connectivity index (χ1) is 24.1. The Morgan fingerprint density at radius 3 is 2.18 bits per heavy atom. The molecule has 0 spiro atoms. The monoisotopic (exact) mass is 714 g/mol. The molecule has 12 heteroatoms. The molecule has 2 amide bonds. The molecule has 1 heterocycles. The van der Waals surface area contributed by atoms with Crippen molar-refractivity contribution in [2.45, 2.75) is 49.6 Å². The Balaban J connectivity index is 1.41. The van der Waals surface area contributed by atoms with Gasteiger partial charge in [-0.05, 0) is 59.7 Å². The van der Waals surface area contributed by atoms with E-state index in [4.69, 9.17) is 4.74 Å². The number of aliphatic hydroxyl groups is 1. The van der Waals surface area contributed by atoms with E-state index < -0.39 is 40.0 Å². The number of nitrogens with zero attached hydrogens (tertiary/aromatic N) is 2. The van der Waals surface area contributed by atoms with Crippen molar-refractivity contribution in [3.8, 4) is 0 Å². The summed E-state index contributed by atoms with van der Waals surface area (Å²) in [7, 11) is -2.72. The second-order valence-electron chi connectivity index (χ2n) is 12.4. The molecule has 262 valence electrons. The van der Waals surface area contributed by atoms with Crippen LogP contribution in [0.3, 0.4) is 0 Å². The second-order valence-corrected chi connectivity index (χ2v) is 15.2. The van der Waals surface area contributed by atoms with Gasteiger partial charge in [0.15, 0.2) is 0 Å². The maximum Gasteiger partial charge on any atom is 0.407 e. The number of sulfonamides is 1. The number of fused-ring (bicyclic) bond motifs is 1. The molecule has 0 saturated heterocycles. The first-order valence-corrected chi connectivity index (χ1v) is 18.7. The number of hydrogen-bond acceptors (Lipinski definition) is 8. The van der Waals surface area contributed by atoms with Crippen molar-refractivity contribution >= 4 is 49.3 Å². The molecule has 4 aromatic carbocycles. The van der Waals surface area contributed by atoms with Gasteiger partial charge in [-0.3, -0.25) is 4.79 Å². The third kappa shape index (κ3) is 8.75. The molecule has 10 nitrogen and oxygen atoms in total. The quantitative estimate of drug-likeness (QED) is 0.114. The zero-order chi connectivity index (χ0) is 35.7. The van der Waals surface area contributed by atoms with E-state index in [0.717, 1.165) is 26.9 Å². The second kappa shape index (κ2) is 16.9. The molecule has 3 N–H and O–H groups in total. The van der Waals surface area contributed by atoms with Crippen molar-refractivity contribution < 1.29 is 27.9 Å². The van der Waals surface area contributed by atoms with Crippen LogP contribution in [0.5, 0.6) is 0 Å². The molecule has 50 heavy (non-hydrogen) atoms. The van der Waals surface area contributed by atoms with Gasteiger partial charge in [-0.2, -0.15) is 4.31 Å². The summed E-state index contributed by atoms with van der Waals surface area (Å²) in [5, 5.41) is 16.4. The number of carbonyl (C=O) groups excluding carboxylic acids is 2. The number of aryl methyl sites for hydroxylation is 1. The van der Waals surface area contributed by atoms with E-state index in [1.165, 1.54) is 22.8 Å². The van der Waals surface area contributed by atoms with Gasteiger partial charge in [0, 0.05) is 24.2 Å². The van der Waals surface area contributed by atoms with Crippen LogP contribution in [0.25, 0.3) is 10.2 Å². The fourth-order valence-electron chi connectivity index (χ4n) is 6.04. The molecule has 1 aromatic heterocycles. The van der Waals surface area contributed by atoms with Gasteiger partial charge in [-0.1, -0.05) is 92.7 Å².